The lowest BCUT2D eigenvalue weighted by atomic mass is 10.1. The van der Waals surface area contributed by atoms with Crippen LogP contribution in [0, 0.1) is 0 Å². The monoisotopic (exact) mass is 394 g/mol. The molecular formula is C19H23ClN2O3S. The van der Waals surface area contributed by atoms with E-state index in [0.29, 0.717) is 5.56 Å². The van der Waals surface area contributed by atoms with Crippen molar-refractivity contribution >= 4 is 28.2 Å². The highest BCUT2D eigenvalue weighted by atomic mass is 35.5. The summed E-state index contributed by atoms with van der Waals surface area (Å²) in [6.07, 6.45) is 1.77. The molecule has 2 aromatic rings. The van der Waals surface area contributed by atoms with E-state index in [0.717, 1.165) is 31.5 Å². The molecule has 0 aromatic heterocycles. The molecule has 1 amide bonds. The number of hydrogen-bond acceptors (Lipinski definition) is 4. The molecule has 1 heterocycles. The predicted molar refractivity (Wildman–Crippen MR) is 104 cm³/mol. The highest BCUT2D eigenvalue weighted by Gasteiger charge is 2.19. The second-order valence-electron chi connectivity index (χ2n) is 6.27. The second kappa shape index (κ2) is 9.16. The van der Waals surface area contributed by atoms with Crippen LogP contribution in [0.4, 0.5) is 0 Å². The maximum atomic E-state index is 12.6. The lowest BCUT2D eigenvalue weighted by molar-refractivity contribution is 0.0929. The van der Waals surface area contributed by atoms with Gasteiger partial charge >= 0.3 is 0 Å². The minimum Gasteiger partial charge on any atom is -0.349 e. The zero-order valence-corrected chi connectivity index (χ0v) is 16.0. The summed E-state index contributed by atoms with van der Waals surface area (Å²) in [5, 5.41) is 6.24. The van der Waals surface area contributed by atoms with E-state index in [1.54, 1.807) is 30.3 Å². The van der Waals surface area contributed by atoms with E-state index in [1.807, 2.05) is 18.2 Å². The van der Waals surface area contributed by atoms with Gasteiger partial charge in [-0.3, -0.25) is 4.79 Å². The summed E-state index contributed by atoms with van der Waals surface area (Å²) in [4.78, 5) is 12.6. The Bertz CT molecular complexity index is 835. The van der Waals surface area contributed by atoms with Crippen LogP contribution in [0.1, 0.15) is 28.8 Å². The summed E-state index contributed by atoms with van der Waals surface area (Å²) in [5.74, 6) is -0.295. The molecule has 3 rings (SSSR count). The molecule has 0 aliphatic carbocycles. The first-order chi connectivity index (χ1) is 12.0. The van der Waals surface area contributed by atoms with E-state index < -0.39 is 9.84 Å². The molecule has 7 heteroatoms. The largest absolute Gasteiger partial charge is 0.349 e. The summed E-state index contributed by atoms with van der Waals surface area (Å²) in [7, 11) is -3.49. The van der Waals surface area contributed by atoms with Crippen LogP contribution in [0.25, 0.3) is 0 Å². The molecule has 1 aliphatic rings. The van der Waals surface area contributed by atoms with Crippen molar-refractivity contribution in [2.45, 2.75) is 29.5 Å². The molecule has 1 saturated heterocycles. The standard InChI is InChI=1S/C19H22N2O3S.ClH/c22-19(21-17-9-11-20-12-10-17)16-7-4-8-18(13-16)25(23,24)14-15-5-2-1-3-6-15;/h1-8,13,17,20H,9-12,14H2,(H,21,22);1H. The summed E-state index contributed by atoms with van der Waals surface area (Å²) < 4.78 is 25.3. The van der Waals surface area contributed by atoms with Gasteiger partial charge in [-0.15, -0.1) is 12.4 Å². The first-order valence-electron chi connectivity index (χ1n) is 8.43. The van der Waals surface area contributed by atoms with Crippen molar-refractivity contribution in [3.63, 3.8) is 0 Å². The average Bonchev–Trinajstić information content (AvgIpc) is 2.63. The number of amides is 1. The predicted octanol–water partition coefficient (Wildman–Crippen LogP) is 2.56. The number of halogens is 1. The van der Waals surface area contributed by atoms with Gasteiger partial charge in [0.2, 0.25) is 0 Å². The molecule has 140 valence electrons. The Morgan fingerprint density at radius 1 is 1.04 bits per heavy atom. The third kappa shape index (κ3) is 5.30. The van der Waals surface area contributed by atoms with Crippen molar-refractivity contribution < 1.29 is 13.2 Å². The third-order valence-corrected chi connectivity index (χ3v) is 6.01. The Kier molecular flexibility index (Phi) is 7.20. The van der Waals surface area contributed by atoms with E-state index in [4.69, 9.17) is 0 Å². The van der Waals surface area contributed by atoms with Gasteiger partial charge in [0.25, 0.3) is 5.91 Å². The molecule has 2 aromatic carbocycles. The Morgan fingerprint density at radius 3 is 2.42 bits per heavy atom. The number of hydrogen-bond donors (Lipinski definition) is 2. The SMILES string of the molecule is Cl.O=C(NC1CCNCC1)c1cccc(S(=O)(=O)Cc2ccccc2)c1. The van der Waals surface area contributed by atoms with Crippen molar-refractivity contribution in [2.24, 2.45) is 0 Å². The van der Waals surface area contributed by atoms with Gasteiger partial charge in [0, 0.05) is 11.6 Å². The molecule has 0 atom stereocenters. The number of carbonyl (C=O) groups excluding carboxylic acids is 1. The molecule has 1 fully saturated rings. The Balaban J connectivity index is 0.00000243. The van der Waals surface area contributed by atoms with Crippen LogP contribution in [-0.2, 0) is 15.6 Å². The minimum atomic E-state index is -3.49. The van der Waals surface area contributed by atoms with Gasteiger partial charge in [-0.1, -0.05) is 36.4 Å². The van der Waals surface area contributed by atoms with Crippen molar-refractivity contribution in [3.05, 3.63) is 65.7 Å². The van der Waals surface area contributed by atoms with E-state index in [1.165, 1.54) is 6.07 Å². The highest BCUT2D eigenvalue weighted by Crippen LogP contribution is 2.18. The van der Waals surface area contributed by atoms with Crippen LogP contribution >= 0.6 is 12.4 Å². The second-order valence-corrected chi connectivity index (χ2v) is 8.26. The zero-order chi connectivity index (χ0) is 17.7. The molecule has 0 spiro atoms. The van der Waals surface area contributed by atoms with E-state index >= 15 is 0 Å². The van der Waals surface area contributed by atoms with Crippen LogP contribution in [0.15, 0.2) is 59.5 Å². The Labute approximate surface area is 160 Å². The molecule has 26 heavy (non-hydrogen) atoms. The molecule has 2 N–H and O–H groups in total. The summed E-state index contributed by atoms with van der Waals surface area (Å²) in [6, 6.07) is 15.5. The maximum absolute atomic E-state index is 12.6. The zero-order valence-electron chi connectivity index (χ0n) is 14.4. The lowest BCUT2D eigenvalue weighted by Gasteiger charge is -2.23. The summed E-state index contributed by atoms with van der Waals surface area (Å²) >= 11 is 0. The first kappa shape index (κ1) is 20.4. The fourth-order valence-corrected chi connectivity index (χ4v) is 4.33. The van der Waals surface area contributed by atoms with Gasteiger partial charge in [0.05, 0.1) is 10.6 Å². The number of benzene rings is 2. The number of rotatable bonds is 5. The maximum Gasteiger partial charge on any atom is 0.251 e. The van der Waals surface area contributed by atoms with Crippen LogP contribution in [0.3, 0.4) is 0 Å². The fraction of sp³-hybridized carbons (Fsp3) is 0.316. The van der Waals surface area contributed by atoms with Crippen LogP contribution in [0.2, 0.25) is 0 Å². The lowest BCUT2D eigenvalue weighted by Crippen LogP contribution is -2.42. The molecule has 0 unspecified atom stereocenters. The number of nitrogens with one attached hydrogen (secondary N) is 2. The van der Waals surface area contributed by atoms with Gasteiger partial charge < -0.3 is 10.6 Å². The van der Waals surface area contributed by atoms with E-state index in [9.17, 15) is 13.2 Å². The van der Waals surface area contributed by atoms with Gasteiger partial charge in [-0.25, -0.2) is 8.42 Å². The normalized spacial score (nSPS) is 15.1. The molecule has 5 nitrogen and oxygen atoms in total. The minimum absolute atomic E-state index is 0. The van der Waals surface area contributed by atoms with Crippen molar-refractivity contribution in [3.8, 4) is 0 Å². The van der Waals surface area contributed by atoms with Gasteiger partial charge in [-0.2, -0.15) is 0 Å². The van der Waals surface area contributed by atoms with Crippen molar-refractivity contribution in [1.82, 2.24) is 10.6 Å². The summed E-state index contributed by atoms with van der Waals surface area (Å²) in [5.41, 5.74) is 1.11. The van der Waals surface area contributed by atoms with Crippen molar-refractivity contribution in [1.29, 1.82) is 0 Å². The van der Waals surface area contributed by atoms with Gasteiger partial charge in [0.15, 0.2) is 9.84 Å². The molecule has 0 bridgehead atoms. The van der Waals surface area contributed by atoms with Gasteiger partial charge in [0.1, 0.15) is 0 Å². The number of piperidine rings is 1. The van der Waals surface area contributed by atoms with Gasteiger partial charge in [-0.05, 0) is 49.7 Å². The molecule has 0 radical (unpaired) electrons. The highest BCUT2D eigenvalue weighted by molar-refractivity contribution is 7.90. The smallest absolute Gasteiger partial charge is 0.251 e. The quantitative estimate of drug-likeness (QED) is 0.817. The number of carbonyl (C=O) groups is 1. The van der Waals surface area contributed by atoms with Crippen LogP contribution in [-0.4, -0.2) is 33.5 Å². The molecular weight excluding hydrogens is 372 g/mol. The van der Waals surface area contributed by atoms with Crippen LogP contribution in [0.5, 0.6) is 0 Å². The van der Waals surface area contributed by atoms with Crippen molar-refractivity contribution in [2.75, 3.05) is 13.1 Å². The Morgan fingerprint density at radius 2 is 1.73 bits per heavy atom. The first-order valence-corrected chi connectivity index (χ1v) is 10.1. The summed E-state index contributed by atoms with van der Waals surface area (Å²) in [6.45, 7) is 1.77. The topological polar surface area (TPSA) is 75.3 Å². The van der Waals surface area contributed by atoms with Crippen LogP contribution < -0.4 is 10.6 Å². The Hall–Kier alpha value is -1.89. The fourth-order valence-electron chi connectivity index (χ4n) is 2.94. The molecule has 0 saturated carbocycles. The average molecular weight is 395 g/mol. The van der Waals surface area contributed by atoms with E-state index in [-0.39, 0.29) is 35.0 Å². The number of sulfone groups is 1. The van der Waals surface area contributed by atoms with E-state index in [2.05, 4.69) is 10.6 Å². The molecule has 1 aliphatic heterocycles. The third-order valence-electron chi connectivity index (χ3n) is 4.33.